The fraction of sp³-hybridized carbons (Fsp3) is 0.500. The van der Waals surface area contributed by atoms with Crippen molar-refractivity contribution in [3.05, 3.63) is 23.9 Å². The summed E-state index contributed by atoms with van der Waals surface area (Å²) in [5.74, 6) is 0.960. The van der Waals surface area contributed by atoms with Crippen LogP contribution in [0.4, 0.5) is 10.6 Å². The number of hydrogen-bond acceptors (Lipinski definition) is 7. The van der Waals surface area contributed by atoms with Gasteiger partial charge in [-0.2, -0.15) is 5.26 Å². The molecule has 1 aromatic rings. The van der Waals surface area contributed by atoms with Gasteiger partial charge in [0.2, 0.25) is 5.91 Å². The molecule has 2 amide bonds. The zero-order valence-electron chi connectivity index (χ0n) is 14.2. The molecule has 0 atom stereocenters. The molecule has 0 aromatic carbocycles. The van der Waals surface area contributed by atoms with Crippen LogP contribution in [0.2, 0.25) is 0 Å². The number of aromatic nitrogens is 1. The molecule has 2 aliphatic heterocycles. The van der Waals surface area contributed by atoms with Crippen LogP contribution in [-0.2, 0) is 4.79 Å². The fourth-order valence-electron chi connectivity index (χ4n) is 2.97. The Bertz CT molecular complexity index is 661. The van der Waals surface area contributed by atoms with E-state index in [0.717, 1.165) is 56.7 Å². The lowest BCUT2D eigenvalue weighted by Gasteiger charge is -2.35. The van der Waals surface area contributed by atoms with Crippen LogP contribution in [0, 0.1) is 11.3 Å². The van der Waals surface area contributed by atoms with Crippen molar-refractivity contribution >= 4 is 53.5 Å². The van der Waals surface area contributed by atoms with Gasteiger partial charge in [-0.25, -0.2) is 4.98 Å². The zero-order valence-corrected chi connectivity index (χ0v) is 16.6. The molecule has 0 radical (unpaired) electrons. The highest BCUT2D eigenvalue weighted by atomic mass is 35.5. The molecule has 10 heteroatoms. The molecule has 0 saturated carbocycles. The van der Waals surface area contributed by atoms with Gasteiger partial charge in [-0.3, -0.25) is 19.4 Å². The Kier molecular flexibility index (Phi) is 9.16. The maximum Gasteiger partial charge on any atom is 0.288 e. The van der Waals surface area contributed by atoms with Crippen molar-refractivity contribution in [2.75, 3.05) is 49.9 Å². The monoisotopic (exact) mass is 417 g/mol. The Morgan fingerprint density at radius 3 is 2.50 bits per heavy atom. The van der Waals surface area contributed by atoms with Crippen molar-refractivity contribution in [2.24, 2.45) is 0 Å². The molecule has 2 fully saturated rings. The number of anilines is 1. The first-order valence-corrected chi connectivity index (χ1v) is 8.97. The second-order valence-corrected chi connectivity index (χ2v) is 6.70. The predicted molar refractivity (Wildman–Crippen MR) is 106 cm³/mol. The van der Waals surface area contributed by atoms with Crippen LogP contribution in [0.25, 0.3) is 0 Å². The minimum atomic E-state index is -0.121. The minimum Gasteiger partial charge on any atom is -0.353 e. The third-order valence-electron chi connectivity index (χ3n) is 4.28. The van der Waals surface area contributed by atoms with Crippen LogP contribution in [-0.4, -0.2) is 71.0 Å². The highest BCUT2D eigenvalue weighted by Gasteiger charge is 2.29. The quantitative estimate of drug-likeness (QED) is 0.724. The average molecular weight is 418 g/mol. The number of amides is 2. The van der Waals surface area contributed by atoms with E-state index in [1.165, 1.54) is 4.90 Å². The first-order valence-electron chi connectivity index (χ1n) is 7.98. The largest absolute Gasteiger partial charge is 0.353 e. The molecule has 1 aromatic heterocycles. The number of rotatable bonds is 5. The highest BCUT2D eigenvalue weighted by Crippen LogP contribution is 2.20. The molecular formula is C16H21Cl2N5O2S. The number of nitrogens with zero attached hydrogens (tertiary/aromatic N) is 5. The Morgan fingerprint density at radius 2 is 1.88 bits per heavy atom. The lowest BCUT2D eigenvalue weighted by Crippen LogP contribution is -2.47. The third-order valence-corrected chi connectivity index (χ3v) is 5.13. The van der Waals surface area contributed by atoms with Crippen LogP contribution in [0.3, 0.4) is 0 Å². The fourth-order valence-corrected chi connectivity index (χ4v) is 3.72. The Hall–Kier alpha value is -1.53. The first kappa shape index (κ1) is 22.5. The summed E-state index contributed by atoms with van der Waals surface area (Å²) in [7, 11) is 0. The van der Waals surface area contributed by atoms with Crippen LogP contribution in [0.15, 0.2) is 18.3 Å². The Morgan fingerprint density at radius 1 is 1.15 bits per heavy atom. The molecule has 7 nitrogen and oxygen atoms in total. The maximum atomic E-state index is 11.6. The van der Waals surface area contributed by atoms with Gasteiger partial charge < -0.3 is 4.90 Å². The van der Waals surface area contributed by atoms with Crippen molar-refractivity contribution in [1.82, 2.24) is 14.8 Å². The highest BCUT2D eigenvalue weighted by molar-refractivity contribution is 8.14. The summed E-state index contributed by atoms with van der Waals surface area (Å²) in [4.78, 5) is 33.2. The maximum absolute atomic E-state index is 11.6. The molecule has 0 N–H and O–H groups in total. The van der Waals surface area contributed by atoms with Gasteiger partial charge in [-0.15, -0.1) is 24.8 Å². The molecule has 0 spiro atoms. The average Bonchev–Trinajstić information content (AvgIpc) is 2.94. The van der Waals surface area contributed by atoms with Gasteiger partial charge in [0.05, 0.1) is 11.3 Å². The molecule has 0 bridgehead atoms. The minimum absolute atomic E-state index is 0. The number of carbonyl (C=O) groups is 2. The molecule has 3 heterocycles. The number of piperazine rings is 1. The lowest BCUT2D eigenvalue weighted by atomic mass is 10.2. The van der Waals surface area contributed by atoms with E-state index in [1.54, 1.807) is 18.3 Å². The summed E-state index contributed by atoms with van der Waals surface area (Å²) in [5, 5.41) is 9.05. The van der Waals surface area contributed by atoms with E-state index in [1.807, 2.05) is 0 Å². The number of thioether (sulfide) groups is 1. The summed E-state index contributed by atoms with van der Waals surface area (Å²) >= 11 is 1.08. The van der Waals surface area contributed by atoms with Gasteiger partial charge in [0.15, 0.2) is 0 Å². The van der Waals surface area contributed by atoms with Crippen molar-refractivity contribution < 1.29 is 9.59 Å². The summed E-state index contributed by atoms with van der Waals surface area (Å²) < 4.78 is 0. The van der Waals surface area contributed by atoms with Crippen LogP contribution in [0.5, 0.6) is 0 Å². The number of carbonyl (C=O) groups excluding carboxylic acids is 2. The number of halogens is 2. The van der Waals surface area contributed by atoms with E-state index < -0.39 is 0 Å². The van der Waals surface area contributed by atoms with Crippen molar-refractivity contribution in [1.29, 1.82) is 5.26 Å². The summed E-state index contributed by atoms with van der Waals surface area (Å²) in [6, 6.07) is 5.75. The zero-order chi connectivity index (χ0) is 16.9. The SMILES string of the molecule is Cl.Cl.N#Cc1cccnc1N1CCN(CCCN2C(=O)CSC2=O)CC1. The second kappa shape index (κ2) is 10.6. The molecule has 3 rings (SSSR count). The van der Waals surface area contributed by atoms with E-state index in [4.69, 9.17) is 0 Å². The standard InChI is InChI=1S/C16H19N5O2S.2ClH/c17-11-13-3-1-4-18-15(13)20-9-7-19(8-10-20)5-2-6-21-14(22)12-24-16(21)23;;/h1,3-4H,2,5-10,12H2;2*1H. The van der Waals surface area contributed by atoms with E-state index >= 15 is 0 Å². The molecule has 2 aliphatic rings. The van der Waals surface area contributed by atoms with Crippen molar-refractivity contribution in [3.63, 3.8) is 0 Å². The molecule has 26 heavy (non-hydrogen) atoms. The van der Waals surface area contributed by atoms with Gasteiger partial charge in [0.1, 0.15) is 11.9 Å². The summed E-state index contributed by atoms with van der Waals surface area (Å²) in [6.45, 7) is 4.79. The van der Waals surface area contributed by atoms with Crippen LogP contribution < -0.4 is 4.90 Å². The molecule has 0 unspecified atom stereocenters. The van der Waals surface area contributed by atoms with E-state index in [-0.39, 0.29) is 41.7 Å². The normalized spacial score (nSPS) is 17.5. The van der Waals surface area contributed by atoms with Crippen molar-refractivity contribution in [2.45, 2.75) is 6.42 Å². The number of hydrogen-bond donors (Lipinski definition) is 0. The second-order valence-electron chi connectivity index (χ2n) is 5.77. The number of imide groups is 1. The summed E-state index contributed by atoms with van der Waals surface area (Å²) in [6.07, 6.45) is 2.51. The molecule has 0 aliphatic carbocycles. The van der Waals surface area contributed by atoms with E-state index in [2.05, 4.69) is 20.9 Å². The predicted octanol–water partition coefficient (Wildman–Crippen LogP) is 2.00. The lowest BCUT2D eigenvalue weighted by molar-refractivity contribution is -0.124. The van der Waals surface area contributed by atoms with Crippen molar-refractivity contribution in [3.8, 4) is 6.07 Å². The Balaban J connectivity index is 0.00000169. The van der Waals surface area contributed by atoms with Gasteiger partial charge in [-0.1, -0.05) is 11.8 Å². The first-order chi connectivity index (χ1) is 11.7. The topological polar surface area (TPSA) is 80.5 Å². The van der Waals surface area contributed by atoms with Gasteiger partial charge >= 0.3 is 0 Å². The van der Waals surface area contributed by atoms with Gasteiger partial charge in [0, 0.05) is 38.9 Å². The van der Waals surface area contributed by atoms with E-state index in [0.29, 0.717) is 12.1 Å². The molecule has 2 saturated heterocycles. The summed E-state index contributed by atoms with van der Waals surface area (Å²) in [5.41, 5.74) is 0.606. The van der Waals surface area contributed by atoms with Gasteiger partial charge in [0.25, 0.3) is 5.24 Å². The number of nitriles is 1. The van der Waals surface area contributed by atoms with Gasteiger partial charge in [-0.05, 0) is 25.1 Å². The molecule has 142 valence electrons. The Labute approximate surface area is 169 Å². The number of pyridine rings is 1. The van der Waals surface area contributed by atoms with Crippen LogP contribution >= 0.6 is 36.6 Å². The molecular weight excluding hydrogens is 397 g/mol. The smallest absolute Gasteiger partial charge is 0.288 e. The van der Waals surface area contributed by atoms with Crippen LogP contribution in [0.1, 0.15) is 12.0 Å². The third kappa shape index (κ3) is 5.24. The van der Waals surface area contributed by atoms with E-state index in [9.17, 15) is 14.9 Å².